The molecule has 18 heavy (non-hydrogen) atoms. The molecule has 0 aromatic rings. The van der Waals surface area contributed by atoms with Gasteiger partial charge in [0.05, 0.1) is 0 Å². The molecule has 0 fully saturated rings. The van der Waals surface area contributed by atoms with Crippen LogP contribution in [-0.4, -0.2) is 52.7 Å². The van der Waals surface area contributed by atoms with Crippen LogP contribution in [-0.2, 0) is 33.4 Å². The van der Waals surface area contributed by atoms with E-state index in [0.29, 0.717) is 0 Å². The Balaban J connectivity index is -0.000000321. The van der Waals surface area contributed by atoms with Crippen molar-refractivity contribution in [3.8, 4) is 0 Å². The fourth-order valence-corrected chi connectivity index (χ4v) is 0.195. The normalized spacial score (nSPS) is 7.94. The van der Waals surface area contributed by atoms with E-state index in [9.17, 15) is 23.4 Å². The Morgan fingerprint density at radius 2 is 1.28 bits per heavy atom. The number of halogens is 1. The molecule has 0 aromatic carbocycles. The molecule has 0 amide bonds. The van der Waals surface area contributed by atoms with Crippen molar-refractivity contribution in [2.24, 2.45) is 10.3 Å². The molecule has 0 rings (SSSR count). The summed E-state index contributed by atoms with van der Waals surface area (Å²) in [6.07, 6.45) is 1.65. The molecule has 0 radical (unpaired) electrons. The number of rotatable bonds is 2. The zero-order valence-corrected chi connectivity index (χ0v) is 8.37. The van der Waals surface area contributed by atoms with Crippen molar-refractivity contribution in [2.75, 3.05) is 0 Å². The molecule has 0 unspecified atom stereocenters. The van der Waals surface area contributed by atoms with Gasteiger partial charge in [0, 0.05) is 10.3 Å². The van der Waals surface area contributed by atoms with Gasteiger partial charge in [-0.3, -0.25) is 19.5 Å². The van der Waals surface area contributed by atoms with Gasteiger partial charge in [-0.15, -0.1) is 4.20 Å². The van der Waals surface area contributed by atoms with Crippen LogP contribution >= 0.6 is 7.91 Å². The van der Waals surface area contributed by atoms with Gasteiger partial charge in [-0.2, -0.15) is 0 Å². The fraction of sp³-hybridized carbons (Fsp3) is 0. The summed E-state index contributed by atoms with van der Waals surface area (Å²) in [7, 11) is -5.14. The number of hydrogen-bond acceptors (Lipinski definition) is 9. The minimum absolute atomic E-state index is 0. The van der Waals surface area contributed by atoms with E-state index >= 15 is 0 Å². The number of isocyanates is 2. The van der Waals surface area contributed by atoms with Crippen molar-refractivity contribution in [3.63, 3.8) is 0 Å². The number of carbonyl (C=O) groups is 2. The molecule has 0 bridgehead atoms. The van der Waals surface area contributed by atoms with E-state index < -0.39 is 19.8 Å². The van der Waals surface area contributed by atoms with Crippen LogP contribution in [0.2, 0.25) is 0 Å². The fourth-order valence-electron chi connectivity index (χ4n) is 0.195. The van der Waals surface area contributed by atoms with Crippen molar-refractivity contribution < 1.29 is 47.4 Å². The molecule has 0 aromatic heterocycles. The Hall–Kier alpha value is -1.62. The van der Waals surface area contributed by atoms with Gasteiger partial charge in [-0.05, 0) is 0 Å². The summed E-state index contributed by atoms with van der Waals surface area (Å²) in [6, 6.07) is 0. The van der Waals surface area contributed by atoms with Crippen molar-refractivity contribution in [3.05, 3.63) is 0 Å². The second kappa shape index (κ2) is 11.9. The van der Waals surface area contributed by atoms with Crippen molar-refractivity contribution in [1.82, 2.24) is 0 Å². The van der Waals surface area contributed by atoms with E-state index in [1.54, 1.807) is 0 Å². The first kappa shape index (κ1) is 21.6. The third kappa shape index (κ3) is 23.9. The van der Waals surface area contributed by atoms with E-state index in [0.717, 1.165) is 12.2 Å². The summed E-state index contributed by atoms with van der Waals surface area (Å²) in [4.78, 5) is 60.2. The van der Waals surface area contributed by atoms with Crippen LogP contribution in [0.5, 0.6) is 0 Å². The Morgan fingerprint density at radius 3 is 1.44 bits per heavy atom. The molecule has 0 aliphatic rings. The standard InChI is InChI=1S/C4N2O6.FH2O3P.Li.H/c7-1-5-11-3(9)4(10)12-6-2-8;1-5(2,3)4;;/h;(H2,2,3,4);;. The van der Waals surface area contributed by atoms with Crippen LogP contribution in [0.1, 0.15) is 0 Å². The average molecular weight is 280 g/mol. The maximum absolute atomic E-state index is 10.4. The molecular weight excluding hydrogens is 277 g/mol. The van der Waals surface area contributed by atoms with Crippen molar-refractivity contribution in [2.45, 2.75) is 0 Å². The first-order valence-electron chi connectivity index (χ1n) is 3.04. The second-order valence-electron chi connectivity index (χ2n) is 1.60. The molecular formula is C4H3FLiN2O9P. The summed E-state index contributed by atoms with van der Waals surface area (Å²) in [6.45, 7) is 0. The van der Waals surface area contributed by atoms with Gasteiger partial charge >= 0.3 is 38.7 Å². The SMILES string of the molecule is O=C=NOC(=O)C(=O)ON=C=O.O=P(O)(O)F.[LiH]. The monoisotopic (exact) mass is 280 g/mol. The topological polar surface area (TPSA) is 169 Å². The van der Waals surface area contributed by atoms with Gasteiger partial charge in [0.2, 0.25) is 0 Å². The molecule has 11 nitrogen and oxygen atoms in total. The van der Waals surface area contributed by atoms with Crippen LogP contribution in [0.15, 0.2) is 10.3 Å². The molecule has 0 atom stereocenters. The van der Waals surface area contributed by atoms with E-state index in [4.69, 9.17) is 14.4 Å². The Kier molecular flexibility index (Phi) is 14.2. The van der Waals surface area contributed by atoms with Crippen LogP contribution in [0, 0.1) is 0 Å². The molecule has 0 aliphatic carbocycles. The average Bonchev–Trinajstić information content (AvgIpc) is 2.20. The molecule has 0 aliphatic heterocycles. The summed E-state index contributed by atoms with van der Waals surface area (Å²) in [5.74, 6) is -3.20. The van der Waals surface area contributed by atoms with E-state index in [2.05, 4.69) is 20.0 Å². The quantitative estimate of drug-likeness (QED) is 0.110. The third-order valence-electron chi connectivity index (χ3n) is 0.498. The number of hydrogen-bond donors (Lipinski definition) is 2. The Labute approximate surface area is 109 Å². The predicted molar refractivity (Wildman–Crippen MR) is 48.7 cm³/mol. The Morgan fingerprint density at radius 1 is 1.06 bits per heavy atom. The minimum atomic E-state index is -5.14. The maximum atomic E-state index is 10.4. The van der Waals surface area contributed by atoms with E-state index in [1.807, 2.05) is 0 Å². The van der Waals surface area contributed by atoms with Gasteiger partial charge in [0.25, 0.3) is 12.2 Å². The van der Waals surface area contributed by atoms with Crippen molar-refractivity contribution in [1.29, 1.82) is 0 Å². The first-order valence-corrected chi connectivity index (χ1v) is 4.54. The number of nitrogens with zero attached hydrogens (tertiary/aromatic N) is 2. The van der Waals surface area contributed by atoms with Gasteiger partial charge < -0.3 is 0 Å². The van der Waals surface area contributed by atoms with E-state index in [1.165, 1.54) is 0 Å². The molecule has 2 N–H and O–H groups in total. The summed E-state index contributed by atoms with van der Waals surface area (Å²) in [5, 5.41) is 4.61. The molecule has 0 saturated heterocycles. The molecule has 14 heteroatoms. The number of carbonyl (C=O) groups excluding carboxylic acids is 4. The zero-order chi connectivity index (χ0) is 13.9. The summed E-state index contributed by atoms with van der Waals surface area (Å²) < 4.78 is 19.0. The predicted octanol–water partition coefficient (Wildman–Crippen LogP) is -2.03. The van der Waals surface area contributed by atoms with Crippen molar-refractivity contribution >= 4 is 50.9 Å². The molecule has 96 valence electrons. The second-order valence-corrected chi connectivity index (χ2v) is 2.54. The Bertz CT molecular complexity index is 384. The van der Waals surface area contributed by atoms with Gasteiger partial charge in [0.1, 0.15) is 0 Å². The first-order chi connectivity index (χ1) is 7.72. The molecule has 0 heterocycles. The van der Waals surface area contributed by atoms with E-state index in [-0.39, 0.29) is 18.9 Å². The van der Waals surface area contributed by atoms with Crippen LogP contribution < -0.4 is 0 Å². The van der Waals surface area contributed by atoms with Crippen LogP contribution in [0.4, 0.5) is 4.20 Å². The van der Waals surface area contributed by atoms with Gasteiger partial charge in [0.15, 0.2) is 0 Å². The van der Waals surface area contributed by atoms with Gasteiger partial charge in [-0.1, -0.05) is 0 Å². The summed E-state index contributed by atoms with van der Waals surface area (Å²) in [5.41, 5.74) is 0. The zero-order valence-electron chi connectivity index (χ0n) is 7.47. The summed E-state index contributed by atoms with van der Waals surface area (Å²) >= 11 is 0. The van der Waals surface area contributed by atoms with Crippen LogP contribution in [0.3, 0.4) is 0 Å². The molecule has 0 spiro atoms. The third-order valence-corrected chi connectivity index (χ3v) is 0.498. The van der Waals surface area contributed by atoms with Gasteiger partial charge in [-0.25, -0.2) is 23.7 Å². The van der Waals surface area contributed by atoms with Crippen LogP contribution in [0.25, 0.3) is 0 Å². The molecule has 0 saturated carbocycles.